The lowest BCUT2D eigenvalue weighted by Crippen LogP contribution is -2.26. The van der Waals surface area contributed by atoms with Crippen molar-refractivity contribution in [1.82, 2.24) is 0 Å². The lowest BCUT2D eigenvalue weighted by atomic mass is 10.0. The maximum Gasteiger partial charge on any atom is 0.203 e. The van der Waals surface area contributed by atoms with Crippen LogP contribution in [0.5, 0.6) is 5.75 Å². The fourth-order valence-electron chi connectivity index (χ4n) is 1.80. The molecule has 2 aromatic rings. The van der Waals surface area contributed by atoms with E-state index >= 15 is 0 Å². The summed E-state index contributed by atoms with van der Waals surface area (Å²) in [4.78, 5) is 12.3. The van der Waals surface area contributed by atoms with Gasteiger partial charge in [-0.1, -0.05) is 61.0 Å². The SMILES string of the molecule is CCC(Oc1ccccc1Cl)C(=O)c1ccccc1. The first-order chi connectivity index (χ1) is 9.22. The number of hydrogen-bond acceptors (Lipinski definition) is 2. The minimum atomic E-state index is -0.512. The molecule has 2 nitrogen and oxygen atoms in total. The molecule has 0 aliphatic carbocycles. The molecule has 0 heterocycles. The second-order valence-corrected chi connectivity index (χ2v) is 4.58. The van der Waals surface area contributed by atoms with Gasteiger partial charge in [0.1, 0.15) is 5.75 Å². The highest BCUT2D eigenvalue weighted by molar-refractivity contribution is 6.32. The van der Waals surface area contributed by atoms with Crippen LogP contribution in [0.2, 0.25) is 5.02 Å². The van der Waals surface area contributed by atoms with Crippen molar-refractivity contribution in [3.05, 3.63) is 65.2 Å². The van der Waals surface area contributed by atoms with Crippen molar-refractivity contribution in [1.29, 1.82) is 0 Å². The minimum absolute atomic E-state index is 0.0250. The molecule has 2 aromatic carbocycles. The Bertz CT molecular complexity index is 552. The Balaban J connectivity index is 2.17. The molecule has 98 valence electrons. The average Bonchev–Trinajstić information content (AvgIpc) is 2.47. The standard InChI is InChI=1S/C16H15ClO2/c1-2-14(16(18)12-8-4-3-5-9-12)19-15-11-7-6-10-13(15)17/h3-11,14H,2H2,1H3. The van der Waals surface area contributed by atoms with E-state index < -0.39 is 6.10 Å². The van der Waals surface area contributed by atoms with Crippen molar-refractivity contribution in [2.75, 3.05) is 0 Å². The first-order valence-corrected chi connectivity index (χ1v) is 6.60. The van der Waals surface area contributed by atoms with Gasteiger partial charge in [-0.3, -0.25) is 4.79 Å². The van der Waals surface area contributed by atoms with E-state index in [1.807, 2.05) is 37.3 Å². The van der Waals surface area contributed by atoms with Gasteiger partial charge < -0.3 is 4.74 Å². The van der Waals surface area contributed by atoms with Crippen LogP contribution in [0.15, 0.2) is 54.6 Å². The molecule has 1 unspecified atom stereocenters. The molecule has 0 fully saturated rings. The highest BCUT2D eigenvalue weighted by Gasteiger charge is 2.20. The van der Waals surface area contributed by atoms with E-state index in [0.29, 0.717) is 22.8 Å². The van der Waals surface area contributed by atoms with E-state index in [4.69, 9.17) is 16.3 Å². The van der Waals surface area contributed by atoms with Gasteiger partial charge >= 0.3 is 0 Å². The number of ketones is 1. The number of para-hydroxylation sites is 1. The van der Waals surface area contributed by atoms with Gasteiger partial charge in [0.15, 0.2) is 6.10 Å². The van der Waals surface area contributed by atoms with Crippen molar-refractivity contribution in [2.24, 2.45) is 0 Å². The van der Waals surface area contributed by atoms with Crippen molar-refractivity contribution in [2.45, 2.75) is 19.4 Å². The van der Waals surface area contributed by atoms with Crippen molar-refractivity contribution < 1.29 is 9.53 Å². The summed E-state index contributed by atoms with van der Waals surface area (Å²) in [6.07, 6.45) is 0.0844. The van der Waals surface area contributed by atoms with Crippen LogP contribution in [0.4, 0.5) is 0 Å². The molecule has 0 N–H and O–H groups in total. The normalized spacial score (nSPS) is 11.9. The first kappa shape index (κ1) is 13.6. The van der Waals surface area contributed by atoms with E-state index in [2.05, 4.69) is 0 Å². The van der Waals surface area contributed by atoms with E-state index in [1.165, 1.54) is 0 Å². The zero-order valence-corrected chi connectivity index (χ0v) is 11.4. The molecule has 0 saturated carbocycles. The lowest BCUT2D eigenvalue weighted by molar-refractivity contribution is 0.0787. The molecule has 0 spiro atoms. The summed E-state index contributed by atoms with van der Waals surface area (Å²) in [6.45, 7) is 1.92. The number of hydrogen-bond donors (Lipinski definition) is 0. The van der Waals surface area contributed by atoms with Crippen LogP contribution in [-0.2, 0) is 0 Å². The van der Waals surface area contributed by atoms with Gasteiger partial charge in [-0.05, 0) is 18.6 Å². The molecule has 1 atom stereocenters. The predicted octanol–water partition coefficient (Wildman–Crippen LogP) is 4.38. The third-order valence-electron chi connectivity index (χ3n) is 2.83. The summed E-state index contributed by atoms with van der Waals surface area (Å²) in [5.41, 5.74) is 0.654. The first-order valence-electron chi connectivity index (χ1n) is 6.22. The van der Waals surface area contributed by atoms with Crippen molar-refractivity contribution >= 4 is 17.4 Å². The van der Waals surface area contributed by atoms with Crippen molar-refractivity contribution in [3.63, 3.8) is 0 Å². The van der Waals surface area contributed by atoms with Crippen LogP contribution in [0.1, 0.15) is 23.7 Å². The summed E-state index contributed by atoms with van der Waals surface area (Å²) in [6, 6.07) is 16.3. The molecule has 19 heavy (non-hydrogen) atoms. The summed E-state index contributed by atoms with van der Waals surface area (Å²) in [5, 5.41) is 0.516. The molecule has 3 heteroatoms. The quantitative estimate of drug-likeness (QED) is 0.756. The highest BCUT2D eigenvalue weighted by atomic mass is 35.5. The molecule has 0 aliphatic rings. The fraction of sp³-hybridized carbons (Fsp3) is 0.188. The lowest BCUT2D eigenvalue weighted by Gasteiger charge is -2.17. The average molecular weight is 275 g/mol. The van der Waals surface area contributed by atoms with Crippen LogP contribution in [0, 0.1) is 0 Å². The summed E-state index contributed by atoms with van der Waals surface area (Å²) in [5.74, 6) is 0.517. The zero-order chi connectivity index (χ0) is 13.7. The van der Waals surface area contributed by atoms with Gasteiger partial charge in [-0.2, -0.15) is 0 Å². The second-order valence-electron chi connectivity index (χ2n) is 4.18. The third-order valence-corrected chi connectivity index (χ3v) is 3.14. The topological polar surface area (TPSA) is 26.3 Å². The van der Waals surface area contributed by atoms with Gasteiger partial charge in [0.25, 0.3) is 0 Å². The number of rotatable bonds is 5. The van der Waals surface area contributed by atoms with Gasteiger partial charge in [0, 0.05) is 5.56 Å². The Morgan fingerprint density at radius 3 is 2.37 bits per heavy atom. The molecule has 2 rings (SSSR count). The number of carbonyl (C=O) groups is 1. The van der Waals surface area contributed by atoms with Gasteiger partial charge in [-0.15, -0.1) is 0 Å². The largest absolute Gasteiger partial charge is 0.481 e. The van der Waals surface area contributed by atoms with Crippen LogP contribution < -0.4 is 4.74 Å². The van der Waals surface area contributed by atoms with Gasteiger partial charge in [0.05, 0.1) is 5.02 Å². The van der Waals surface area contributed by atoms with Crippen LogP contribution in [-0.4, -0.2) is 11.9 Å². The molecule has 0 saturated heterocycles. The van der Waals surface area contributed by atoms with E-state index in [0.717, 1.165) is 0 Å². The molecular formula is C16H15ClO2. The molecule has 0 aromatic heterocycles. The molecule has 0 radical (unpaired) electrons. The Kier molecular flexibility index (Phi) is 4.58. The maximum absolute atomic E-state index is 12.3. The Hall–Kier alpha value is -1.80. The fourth-order valence-corrected chi connectivity index (χ4v) is 1.98. The Morgan fingerprint density at radius 2 is 1.74 bits per heavy atom. The maximum atomic E-state index is 12.3. The summed E-state index contributed by atoms with van der Waals surface area (Å²) in [7, 11) is 0. The van der Waals surface area contributed by atoms with Crippen LogP contribution in [0.3, 0.4) is 0 Å². The van der Waals surface area contributed by atoms with Gasteiger partial charge in [0.2, 0.25) is 5.78 Å². The third kappa shape index (κ3) is 3.36. The highest BCUT2D eigenvalue weighted by Crippen LogP contribution is 2.25. The number of benzene rings is 2. The zero-order valence-electron chi connectivity index (χ0n) is 10.7. The molecular weight excluding hydrogens is 260 g/mol. The molecule has 0 aliphatic heterocycles. The van der Waals surface area contributed by atoms with E-state index in [1.54, 1.807) is 24.3 Å². The Labute approximate surface area is 118 Å². The minimum Gasteiger partial charge on any atom is -0.481 e. The smallest absolute Gasteiger partial charge is 0.203 e. The molecule has 0 amide bonds. The van der Waals surface area contributed by atoms with Gasteiger partial charge in [-0.25, -0.2) is 0 Å². The number of halogens is 1. The van der Waals surface area contributed by atoms with Crippen LogP contribution in [0.25, 0.3) is 0 Å². The second kappa shape index (κ2) is 6.39. The molecule has 0 bridgehead atoms. The van der Waals surface area contributed by atoms with E-state index in [-0.39, 0.29) is 5.78 Å². The van der Waals surface area contributed by atoms with Crippen molar-refractivity contribution in [3.8, 4) is 5.75 Å². The number of ether oxygens (including phenoxy) is 1. The monoisotopic (exact) mass is 274 g/mol. The predicted molar refractivity (Wildman–Crippen MR) is 76.9 cm³/mol. The van der Waals surface area contributed by atoms with E-state index in [9.17, 15) is 4.79 Å². The van der Waals surface area contributed by atoms with Crippen LogP contribution >= 0.6 is 11.6 Å². The summed E-state index contributed by atoms with van der Waals surface area (Å²) >= 11 is 6.04. The Morgan fingerprint density at radius 1 is 1.11 bits per heavy atom. The summed E-state index contributed by atoms with van der Waals surface area (Å²) < 4.78 is 5.73. The number of carbonyl (C=O) groups excluding carboxylic acids is 1. The number of Topliss-reactive ketones (excluding diaryl/α,β-unsaturated/α-hetero) is 1.